The Labute approximate surface area is 157 Å². The molecule has 140 valence electrons. The number of nitrogens with two attached hydrogens (primary N) is 1. The van der Waals surface area contributed by atoms with Crippen LogP contribution in [0.3, 0.4) is 0 Å². The lowest BCUT2D eigenvalue weighted by Gasteiger charge is -2.17. The lowest BCUT2D eigenvalue weighted by atomic mass is 10.1. The van der Waals surface area contributed by atoms with Crippen molar-refractivity contribution in [2.24, 2.45) is 0 Å². The van der Waals surface area contributed by atoms with E-state index in [-0.39, 0.29) is 24.1 Å². The van der Waals surface area contributed by atoms with Crippen LogP contribution in [-0.4, -0.2) is 30.0 Å². The van der Waals surface area contributed by atoms with Crippen LogP contribution in [0.5, 0.6) is 5.75 Å². The summed E-state index contributed by atoms with van der Waals surface area (Å²) in [5, 5.41) is 11.2. The molecule has 1 fully saturated rings. The SMILES string of the molecule is CC1(C)OCC(COc2cc(N)c([N+](=O)[O-])cc2C#Cc2ccccc2)O1. The number of nitrogens with zero attached hydrogens (tertiary/aromatic N) is 1. The van der Waals surface area contributed by atoms with Crippen molar-refractivity contribution < 1.29 is 19.1 Å². The maximum Gasteiger partial charge on any atom is 0.293 e. The van der Waals surface area contributed by atoms with Crippen molar-refractivity contribution in [3.63, 3.8) is 0 Å². The van der Waals surface area contributed by atoms with E-state index in [0.717, 1.165) is 5.56 Å². The molecule has 0 spiro atoms. The van der Waals surface area contributed by atoms with Crippen molar-refractivity contribution in [3.05, 3.63) is 63.7 Å². The summed E-state index contributed by atoms with van der Waals surface area (Å²) in [6.07, 6.45) is -0.244. The number of nitro benzene ring substituents is 1. The first kappa shape index (κ1) is 18.7. The minimum absolute atomic E-state index is 0.0178. The van der Waals surface area contributed by atoms with Gasteiger partial charge in [-0.15, -0.1) is 0 Å². The molecule has 1 saturated heterocycles. The van der Waals surface area contributed by atoms with Gasteiger partial charge in [-0.1, -0.05) is 30.0 Å². The number of hydrogen-bond donors (Lipinski definition) is 1. The molecule has 2 aromatic carbocycles. The second kappa shape index (κ2) is 7.66. The van der Waals surface area contributed by atoms with E-state index in [1.165, 1.54) is 12.1 Å². The van der Waals surface area contributed by atoms with E-state index in [0.29, 0.717) is 17.9 Å². The van der Waals surface area contributed by atoms with Crippen LogP contribution < -0.4 is 10.5 Å². The standard InChI is InChI=1S/C20H20N2O5/c1-20(2)26-13-16(27-20)12-25-19-11-17(21)18(22(23)24)10-15(19)9-8-14-6-4-3-5-7-14/h3-7,10-11,16H,12-13,21H2,1-2H3. The summed E-state index contributed by atoms with van der Waals surface area (Å²) in [4.78, 5) is 10.7. The van der Waals surface area contributed by atoms with E-state index in [2.05, 4.69) is 11.8 Å². The summed E-state index contributed by atoms with van der Waals surface area (Å²) < 4.78 is 17.0. The molecule has 1 aliphatic rings. The summed E-state index contributed by atoms with van der Waals surface area (Å²) >= 11 is 0. The van der Waals surface area contributed by atoms with Crippen molar-refractivity contribution in [2.75, 3.05) is 18.9 Å². The molecule has 0 amide bonds. The molecular formula is C20H20N2O5. The van der Waals surface area contributed by atoms with Crippen LogP contribution in [0.1, 0.15) is 25.0 Å². The Hall–Kier alpha value is -3.08. The Balaban J connectivity index is 1.86. The topological polar surface area (TPSA) is 96.9 Å². The second-order valence-corrected chi connectivity index (χ2v) is 6.54. The molecular weight excluding hydrogens is 348 g/mol. The molecule has 0 saturated carbocycles. The molecule has 1 unspecified atom stereocenters. The van der Waals surface area contributed by atoms with Crippen LogP contribution in [-0.2, 0) is 9.47 Å². The fourth-order valence-electron chi connectivity index (χ4n) is 2.65. The van der Waals surface area contributed by atoms with E-state index in [4.69, 9.17) is 19.9 Å². The largest absolute Gasteiger partial charge is 0.489 e. The molecule has 2 N–H and O–H groups in total. The van der Waals surface area contributed by atoms with Crippen molar-refractivity contribution >= 4 is 11.4 Å². The smallest absolute Gasteiger partial charge is 0.293 e. The van der Waals surface area contributed by atoms with Gasteiger partial charge in [0.2, 0.25) is 0 Å². The molecule has 0 aliphatic carbocycles. The van der Waals surface area contributed by atoms with Crippen LogP contribution in [0.4, 0.5) is 11.4 Å². The third kappa shape index (κ3) is 4.76. The molecule has 3 rings (SSSR count). The van der Waals surface area contributed by atoms with E-state index in [1.54, 1.807) is 0 Å². The predicted molar refractivity (Wildman–Crippen MR) is 100 cm³/mol. The van der Waals surface area contributed by atoms with Gasteiger partial charge in [0.1, 0.15) is 24.1 Å². The first-order valence-corrected chi connectivity index (χ1v) is 8.43. The number of rotatable bonds is 4. The molecule has 7 heteroatoms. The van der Waals surface area contributed by atoms with Crippen LogP contribution in [0.25, 0.3) is 0 Å². The van der Waals surface area contributed by atoms with E-state index in [1.807, 2.05) is 44.2 Å². The second-order valence-electron chi connectivity index (χ2n) is 6.54. The maximum atomic E-state index is 11.2. The van der Waals surface area contributed by atoms with Gasteiger partial charge in [-0.05, 0) is 26.0 Å². The van der Waals surface area contributed by atoms with Gasteiger partial charge in [-0.25, -0.2) is 0 Å². The number of hydrogen-bond acceptors (Lipinski definition) is 6. The zero-order valence-corrected chi connectivity index (χ0v) is 15.1. The van der Waals surface area contributed by atoms with Gasteiger partial charge in [-0.3, -0.25) is 10.1 Å². The third-order valence-corrected chi connectivity index (χ3v) is 3.93. The highest BCUT2D eigenvalue weighted by Crippen LogP contribution is 2.31. The van der Waals surface area contributed by atoms with Gasteiger partial charge in [0.05, 0.1) is 17.1 Å². The molecule has 27 heavy (non-hydrogen) atoms. The third-order valence-electron chi connectivity index (χ3n) is 3.93. The lowest BCUT2D eigenvalue weighted by molar-refractivity contribution is -0.383. The number of ether oxygens (including phenoxy) is 3. The van der Waals surface area contributed by atoms with Crippen LogP contribution in [0.2, 0.25) is 0 Å². The van der Waals surface area contributed by atoms with Gasteiger partial charge in [0, 0.05) is 17.7 Å². The zero-order chi connectivity index (χ0) is 19.4. The molecule has 0 radical (unpaired) electrons. The molecule has 0 bridgehead atoms. The predicted octanol–water partition coefficient (Wildman–Crippen LogP) is 3.11. The van der Waals surface area contributed by atoms with Crippen molar-refractivity contribution in [1.82, 2.24) is 0 Å². The van der Waals surface area contributed by atoms with Gasteiger partial charge >= 0.3 is 0 Å². The summed E-state index contributed by atoms with van der Waals surface area (Å²) in [6.45, 7) is 4.28. The van der Waals surface area contributed by atoms with Gasteiger partial charge in [-0.2, -0.15) is 0 Å². The summed E-state index contributed by atoms with van der Waals surface area (Å²) in [5.74, 6) is 5.63. The first-order valence-electron chi connectivity index (χ1n) is 8.43. The maximum absolute atomic E-state index is 11.2. The minimum Gasteiger partial charge on any atom is -0.489 e. The Kier molecular flexibility index (Phi) is 5.31. The summed E-state index contributed by atoms with van der Waals surface area (Å²) in [6, 6.07) is 12.1. The Morgan fingerprint density at radius 3 is 2.67 bits per heavy atom. The zero-order valence-electron chi connectivity index (χ0n) is 15.1. The summed E-state index contributed by atoms with van der Waals surface area (Å²) in [7, 11) is 0. The van der Waals surface area contributed by atoms with Gasteiger partial charge in [0.15, 0.2) is 5.79 Å². The van der Waals surface area contributed by atoms with E-state index < -0.39 is 10.7 Å². The quantitative estimate of drug-likeness (QED) is 0.385. The normalized spacial score (nSPS) is 17.8. The fraction of sp³-hybridized carbons (Fsp3) is 0.300. The molecule has 0 aromatic heterocycles. The monoisotopic (exact) mass is 368 g/mol. The number of nitrogen functional groups attached to an aromatic ring is 1. The number of anilines is 1. The highest BCUT2D eigenvalue weighted by molar-refractivity contribution is 5.67. The number of nitro groups is 1. The Morgan fingerprint density at radius 2 is 2.04 bits per heavy atom. The molecule has 1 atom stereocenters. The minimum atomic E-state index is -0.654. The van der Waals surface area contributed by atoms with Crippen molar-refractivity contribution in [1.29, 1.82) is 0 Å². The Morgan fingerprint density at radius 1 is 1.30 bits per heavy atom. The van der Waals surface area contributed by atoms with Gasteiger partial charge < -0.3 is 19.9 Å². The van der Waals surface area contributed by atoms with Crippen molar-refractivity contribution in [3.8, 4) is 17.6 Å². The first-order chi connectivity index (χ1) is 12.8. The number of benzene rings is 2. The molecule has 1 heterocycles. The molecule has 2 aromatic rings. The highest BCUT2D eigenvalue weighted by Gasteiger charge is 2.33. The fourth-order valence-corrected chi connectivity index (χ4v) is 2.65. The molecule has 1 aliphatic heterocycles. The average molecular weight is 368 g/mol. The lowest BCUT2D eigenvalue weighted by Crippen LogP contribution is -2.25. The van der Waals surface area contributed by atoms with E-state index >= 15 is 0 Å². The summed E-state index contributed by atoms with van der Waals surface area (Å²) in [5.41, 5.74) is 6.79. The van der Waals surface area contributed by atoms with Crippen LogP contribution in [0, 0.1) is 22.0 Å². The average Bonchev–Trinajstić information content (AvgIpc) is 2.98. The van der Waals surface area contributed by atoms with E-state index in [9.17, 15) is 10.1 Å². The van der Waals surface area contributed by atoms with Crippen LogP contribution >= 0.6 is 0 Å². The Bertz CT molecular complexity index is 900. The molecule has 7 nitrogen and oxygen atoms in total. The highest BCUT2D eigenvalue weighted by atomic mass is 16.7. The van der Waals surface area contributed by atoms with Crippen molar-refractivity contribution in [2.45, 2.75) is 25.7 Å². The van der Waals surface area contributed by atoms with Gasteiger partial charge in [0.25, 0.3) is 5.69 Å². The van der Waals surface area contributed by atoms with Crippen LogP contribution in [0.15, 0.2) is 42.5 Å².